The van der Waals surface area contributed by atoms with Gasteiger partial charge in [0.25, 0.3) is 10.0 Å². The molecule has 144 valence electrons. The quantitative estimate of drug-likeness (QED) is 0.576. The Morgan fingerprint density at radius 1 is 1.07 bits per heavy atom. The zero-order chi connectivity index (χ0) is 20.0. The number of hydrogen-bond acceptors (Lipinski definition) is 6. The van der Waals surface area contributed by atoms with Gasteiger partial charge in [0.1, 0.15) is 5.01 Å². The summed E-state index contributed by atoms with van der Waals surface area (Å²) in [7, 11) is -3.77. The first-order valence-corrected chi connectivity index (χ1v) is 10.8. The molecule has 7 nitrogen and oxygen atoms in total. The van der Waals surface area contributed by atoms with Gasteiger partial charge in [0.05, 0.1) is 4.90 Å². The number of anilines is 2. The van der Waals surface area contributed by atoms with Crippen LogP contribution in [0, 0.1) is 0 Å². The zero-order valence-corrected chi connectivity index (χ0v) is 16.6. The molecule has 28 heavy (non-hydrogen) atoms. The van der Waals surface area contributed by atoms with Gasteiger partial charge in [0.2, 0.25) is 11.0 Å². The van der Waals surface area contributed by atoms with E-state index in [9.17, 15) is 13.2 Å². The van der Waals surface area contributed by atoms with Crippen molar-refractivity contribution in [2.24, 2.45) is 0 Å². The molecule has 1 heterocycles. The number of rotatable bonds is 7. The van der Waals surface area contributed by atoms with Crippen molar-refractivity contribution in [1.29, 1.82) is 0 Å². The van der Waals surface area contributed by atoms with Crippen LogP contribution in [-0.4, -0.2) is 24.5 Å². The van der Waals surface area contributed by atoms with Gasteiger partial charge in [-0.25, -0.2) is 8.42 Å². The fraction of sp³-hybridized carbons (Fsp3) is 0.105. The molecular formula is C19H18N4O3S2. The van der Waals surface area contributed by atoms with Gasteiger partial charge in [-0.1, -0.05) is 48.6 Å². The molecule has 1 amide bonds. The highest BCUT2D eigenvalue weighted by molar-refractivity contribution is 7.93. The summed E-state index contributed by atoms with van der Waals surface area (Å²) in [6, 6.07) is 15.3. The summed E-state index contributed by atoms with van der Waals surface area (Å²) in [4.78, 5) is 12.1. The smallest absolute Gasteiger partial charge is 0.263 e. The molecule has 0 fully saturated rings. The van der Waals surface area contributed by atoms with Crippen LogP contribution in [0.5, 0.6) is 0 Å². The Hall–Kier alpha value is -3.04. The molecule has 0 spiro atoms. The Kier molecular flexibility index (Phi) is 6.17. The van der Waals surface area contributed by atoms with Crippen LogP contribution >= 0.6 is 11.3 Å². The lowest BCUT2D eigenvalue weighted by atomic mass is 10.2. The molecule has 0 bridgehead atoms. The topological polar surface area (TPSA) is 101 Å². The molecule has 0 atom stereocenters. The maximum atomic E-state index is 12.4. The van der Waals surface area contributed by atoms with Gasteiger partial charge >= 0.3 is 0 Å². The maximum absolute atomic E-state index is 12.4. The number of sulfonamides is 1. The zero-order valence-electron chi connectivity index (χ0n) is 15.0. The average Bonchev–Trinajstić information content (AvgIpc) is 3.14. The molecule has 2 aromatic carbocycles. The Balaban J connectivity index is 1.63. The van der Waals surface area contributed by atoms with Crippen molar-refractivity contribution in [3.8, 4) is 0 Å². The predicted octanol–water partition coefficient (Wildman–Crippen LogP) is 3.55. The van der Waals surface area contributed by atoms with E-state index in [1.165, 1.54) is 41.7 Å². The summed E-state index contributed by atoms with van der Waals surface area (Å²) in [6.07, 6.45) is 3.81. The van der Waals surface area contributed by atoms with Gasteiger partial charge in [-0.05, 0) is 42.3 Å². The second-order valence-electron chi connectivity index (χ2n) is 5.72. The monoisotopic (exact) mass is 414 g/mol. The Bertz CT molecular complexity index is 1080. The van der Waals surface area contributed by atoms with Crippen molar-refractivity contribution in [3.63, 3.8) is 0 Å². The van der Waals surface area contributed by atoms with Crippen LogP contribution in [0.2, 0.25) is 0 Å². The second kappa shape index (κ2) is 8.77. The molecule has 9 heteroatoms. The minimum absolute atomic E-state index is 0.0681. The summed E-state index contributed by atoms with van der Waals surface area (Å²) < 4.78 is 27.2. The first-order chi connectivity index (χ1) is 13.5. The highest BCUT2D eigenvalue weighted by Gasteiger charge is 2.16. The number of nitrogens with one attached hydrogen (secondary N) is 2. The van der Waals surface area contributed by atoms with Gasteiger partial charge in [0, 0.05) is 11.8 Å². The first-order valence-electron chi connectivity index (χ1n) is 8.45. The van der Waals surface area contributed by atoms with Gasteiger partial charge in [-0.2, -0.15) is 0 Å². The van der Waals surface area contributed by atoms with Crippen LogP contribution in [0.4, 0.5) is 10.8 Å². The number of amides is 1. The number of aryl methyl sites for hydroxylation is 1. The van der Waals surface area contributed by atoms with E-state index in [4.69, 9.17) is 0 Å². The van der Waals surface area contributed by atoms with Crippen molar-refractivity contribution in [2.45, 2.75) is 18.2 Å². The van der Waals surface area contributed by atoms with E-state index in [2.05, 4.69) is 20.2 Å². The Morgan fingerprint density at radius 2 is 1.79 bits per heavy atom. The molecule has 0 aliphatic rings. The first kappa shape index (κ1) is 19.7. The number of nitrogens with zero attached hydrogens (tertiary/aromatic N) is 2. The molecule has 0 saturated carbocycles. The third-order valence-corrected chi connectivity index (χ3v) is 6.12. The van der Waals surface area contributed by atoms with Gasteiger partial charge < -0.3 is 5.32 Å². The molecule has 3 rings (SSSR count). The highest BCUT2D eigenvalue weighted by Crippen LogP contribution is 2.21. The summed E-state index contributed by atoms with van der Waals surface area (Å²) in [5.41, 5.74) is 1.40. The number of aromatic nitrogens is 2. The number of benzene rings is 2. The fourth-order valence-electron chi connectivity index (χ4n) is 2.25. The van der Waals surface area contributed by atoms with E-state index in [0.29, 0.717) is 12.1 Å². The van der Waals surface area contributed by atoms with Crippen molar-refractivity contribution >= 4 is 44.2 Å². The molecule has 3 aromatic rings. The number of carbonyl (C=O) groups excluding carboxylic acids is 1. The minimum atomic E-state index is -3.77. The maximum Gasteiger partial charge on any atom is 0.263 e. The van der Waals surface area contributed by atoms with Crippen molar-refractivity contribution in [1.82, 2.24) is 10.2 Å². The summed E-state index contributed by atoms with van der Waals surface area (Å²) in [5, 5.41) is 11.4. The summed E-state index contributed by atoms with van der Waals surface area (Å²) >= 11 is 1.19. The second-order valence-corrected chi connectivity index (χ2v) is 8.46. The molecule has 0 radical (unpaired) electrons. The third kappa shape index (κ3) is 5.24. The van der Waals surface area contributed by atoms with Crippen molar-refractivity contribution < 1.29 is 13.2 Å². The highest BCUT2D eigenvalue weighted by atomic mass is 32.2. The van der Waals surface area contributed by atoms with Crippen LogP contribution in [-0.2, 0) is 21.2 Å². The third-order valence-electron chi connectivity index (χ3n) is 3.65. The normalized spacial score (nSPS) is 11.5. The van der Waals surface area contributed by atoms with E-state index < -0.39 is 10.0 Å². The van der Waals surface area contributed by atoms with Gasteiger partial charge in [-0.3, -0.25) is 9.52 Å². The minimum Gasteiger partial charge on any atom is -0.323 e. The SMILES string of the molecule is CCc1nnc(NS(=O)(=O)c2ccc(NC(=O)C=Cc3ccccc3)cc2)s1. The van der Waals surface area contributed by atoms with E-state index in [0.717, 1.165) is 10.6 Å². The van der Waals surface area contributed by atoms with Crippen LogP contribution in [0.1, 0.15) is 17.5 Å². The van der Waals surface area contributed by atoms with Crippen molar-refractivity contribution in [2.75, 3.05) is 10.0 Å². The number of hydrogen-bond donors (Lipinski definition) is 2. The predicted molar refractivity (Wildman–Crippen MR) is 111 cm³/mol. The van der Waals surface area contributed by atoms with E-state index in [1.807, 2.05) is 37.3 Å². The Labute approximate surface area is 167 Å². The van der Waals surface area contributed by atoms with E-state index in [-0.39, 0.29) is 15.9 Å². The standard InChI is InChI=1S/C19H18N4O3S2/c1-2-18-21-22-19(27-18)23-28(25,26)16-11-9-15(10-12-16)20-17(24)13-8-14-6-4-3-5-7-14/h3-13H,2H2,1H3,(H,20,24)(H,22,23). The van der Waals surface area contributed by atoms with Crippen molar-refractivity contribution in [3.05, 3.63) is 71.2 Å². The summed E-state index contributed by atoms with van der Waals surface area (Å²) in [5.74, 6) is -0.307. The van der Waals surface area contributed by atoms with Crippen LogP contribution in [0.15, 0.2) is 65.6 Å². The lowest BCUT2D eigenvalue weighted by molar-refractivity contribution is -0.111. The average molecular weight is 415 g/mol. The largest absolute Gasteiger partial charge is 0.323 e. The van der Waals surface area contributed by atoms with Crippen LogP contribution in [0.3, 0.4) is 0 Å². The molecule has 1 aromatic heterocycles. The molecule has 0 aliphatic heterocycles. The molecule has 2 N–H and O–H groups in total. The van der Waals surface area contributed by atoms with Gasteiger partial charge in [-0.15, -0.1) is 10.2 Å². The Morgan fingerprint density at radius 3 is 2.43 bits per heavy atom. The lowest BCUT2D eigenvalue weighted by Crippen LogP contribution is -2.13. The fourth-order valence-corrected chi connectivity index (χ4v) is 4.16. The van der Waals surface area contributed by atoms with E-state index in [1.54, 1.807) is 6.08 Å². The van der Waals surface area contributed by atoms with E-state index >= 15 is 0 Å². The molecule has 0 unspecified atom stereocenters. The van der Waals surface area contributed by atoms with Crippen LogP contribution < -0.4 is 10.0 Å². The lowest BCUT2D eigenvalue weighted by Gasteiger charge is -2.06. The molecular weight excluding hydrogens is 396 g/mol. The summed E-state index contributed by atoms with van der Waals surface area (Å²) in [6.45, 7) is 1.92. The number of carbonyl (C=O) groups is 1. The van der Waals surface area contributed by atoms with Gasteiger partial charge in [0.15, 0.2) is 0 Å². The van der Waals surface area contributed by atoms with Crippen LogP contribution in [0.25, 0.3) is 6.08 Å². The molecule has 0 saturated heterocycles. The molecule has 0 aliphatic carbocycles.